The van der Waals surface area contributed by atoms with Gasteiger partial charge >= 0.3 is 0 Å². The lowest BCUT2D eigenvalue weighted by atomic mass is 9.93. The third kappa shape index (κ3) is 5.56. The number of imidazole rings is 1. The first-order valence-electron chi connectivity index (χ1n) is 10.2. The van der Waals surface area contributed by atoms with Crippen LogP contribution in [0.5, 0.6) is 0 Å². The Hall–Kier alpha value is -2.41. The van der Waals surface area contributed by atoms with Crippen molar-refractivity contribution < 1.29 is 0 Å². The average molecular weight is 413 g/mol. The summed E-state index contributed by atoms with van der Waals surface area (Å²) in [5, 5.41) is 10.1. The number of para-hydroxylation sites is 2. The molecule has 0 saturated heterocycles. The van der Waals surface area contributed by atoms with E-state index in [9.17, 15) is 0 Å². The Morgan fingerprint density at radius 3 is 2.62 bits per heavy atom. The van der Waals surface area contributed by atoms with E-state index in [1.807, 2.05) is 13.1 Å². The number of hydrogen-bond acceptors (Lipinski definition) is 4. The van der Waals surface area contributed by atoms with Crippen LogP contribution in [0.3, 0.4) is 0 Å². The Balaban J connectivity index is 1.41. The maximum Gasteiger partial charge on any atom is 0.190 e. The Morgan fingerprint density at radius 2 is 1.90 bits per heavy atom. The Labute approximate surface area is 177 Å². The number of thiazole rings is 1. The van der Waals surface area contributed by atoms with Crippen LogP contribution in [0, 0.1) is 6.92 Å². The van der Waals surface area contributed by atoms with Crippen LogP contribution < -0.4 is 10.6 Å². The first kappa shape index (κ1) is 21.3. The van der Waals surface area contributed by atoms with Gasteiger partial charge in [-0.15, -0.1) is 11.3 Å². The van der Waals surface area contributed by atoms with E-state index in [4.69, 9.17) is 4.98 Å². The Bertz CT molecular complexity index is 963. The van der Waals surface area contributed by atoms with Crippen molar-refractivity contribution in [2.24, 2.45) is 4.99 Å². The molecule has 1 aromatic carbocycles. The van der Waals surface area contributed by atoms with Crippen LogP contribution in [0.15, 0.2) is 34.6 Å². The average Bonchev–Trinajstić information content (AvgIpc) is 3.28. The summed E-state index contributed by atoms with van der Waals surface area (Å²) in [6.45, 7) is 11.3. The molecule has 0 atom stereocenters. The summed E-state index contributed by atoms with van der Waals surface area (Å²) < 4.78 is 2.28. The molecule has 3 rings (SSSR count). The summed E-state index contributed by atoms with van der Waals surface area (Å²) in [5.74, 6) is 1.90. The van der Waals surface area contributed by atoms with Crippen LogP contribution in [-0.2, 0) is 18.4 Å². The molecule has 0 radical (unpaired) electrons. The van der Waals surface area contributed by atoms with Gasteiger partial charge in [0.25, 0.3) is 0 Å². The zero-order valence-corrected chi connectivity index (χ0v) is 18.9. The molecular weight excluding hydrogens is 380 g/mol. The monoisotopic (exact) mass is 412 g/mol. The van der Waals surface area contributed by atoms with E-state index in [2.05, 4.69) is 76.5 Å². The number of aryl methyl sites for hydroxylation is 2. The van der Waals surface area contributed by atoms with E-state index in [0.29, 0.717) is 0 Å². The molecule has 0 aliphatic rings. The van der Waals surface area contributed by atoms with Crippen LogP contribution in [0.2, 0.25) is 0 Å². The normalized spacial score (nSPS) is 12.5. The number of nitrogens with one attached hydrogen (secondary N) is 2. The third-order valence-electron chi connectivity index (χ3n) is 4.87. The molecule has 0 unspecified atom stereocenters. The third-order valence-corrected chi connectivity index (χ3v) is 5.78. The zero-order chi connectivity index (χ0) is 20.9. The van der Waals surface area contributed by atoms with Gasteiger partial charge in [0.05, 0.1) is 21.7 Å². The number of rotatable bonds is 7. The molecule has 156 valence electrons. The molecule has 3 aromatic rings. The maximum absolute atomic E-state index is 4.75. The van der Waals surface area contributed by atoms with Crippen LogP contribution in [0.25, 0.3) is 11.0 Å². The molecule has 0 aliphatic heterocycles. The molecule has 0 saturated carbocycles. The van der Waals surface area contributed by atoms with E-state index in [-0.39, 0.29) is 5.41 Å². The van der Waals surface area contributed by atoms with Gasteiger partial charge in [0.15, 0.2) is 5.96 Å². The number of hydrogen-bond donors (Lipinski definition) is 2. The highest BCUT2D eigenvalue weighted by Crippen LogP contribution is 2.23. The van der Waals surface area contributed by atoms with Crippen molar-refractivity contribution in [3.8, 4) is 0 Å². The summed E-state index contributed by atoms with van der Waals surface area (Å²) in [6.07, 6.45) is 1.91. The molecule has 7 heteroatoms. The second-order valence-corrected chi connectivity index (χ2v) is 9.15. The van der Waals surface area contributed by atoms with Gasteiger partial charge in [-0.05, 0) is 25.5 Å². The van der Waals surface area contributed by atoms with Crippen molar-refractivity contribution in [2.75, 3.05) is 20.1 Å². The quantitative estimate of drug-likeness (QED) is 0.351. The fourth-order valence-electron chi connectivity index (χ4n) is 3.20. The molecule has 6 nitrogen and oxygen atoms in total. The summed E-state index contributed by atoms with van der Waals surface area (Å²) in [6, 6.07) is 8.30. The second kappa shape index (κ2) is 9.39. The van der Waals surface area contributed by atoms with Gasteiger partial charge < -0.3 is 15.2 Å². The van der Waals surface area contributed by atoms with Gasteiger partial charge in [-0.2, -0.15) is 0 Å². The van der Waals surface area contributed by atoms with Crippen molar-refractivity contribution in [3.05, 3.63) is 46.2 Å². The molecule has 2 N–H and O–H groups in total. The SMILES string of the molecule is CN=C(NCCCn1c(C)nc2ccccc21)NCCc1nc(C(C)(C)C)cs1. The first-order valence-corrected chi connectivity index (χ1v) is 11.1. The minimum atomic E-state index is 0.110. The van der Waals surface area contributed by atoms with Gasteiger partial charge in [-0.25, -0.2) is 9.97 Å². The van der Waals surface area contributed by atoms with E-state index in [1.54, 1.807) is 11.3 Å². The second-order valence-electron chi connectivity index (χ2n) is 8.21. The molecule has 2 aromatic heterocycles. The summed E-state index contributed by atoms with van der Waals surface area (Å²) in [5.41, 5.74) is 3.54. The number of guanidine groups is 1. The number of aliphatic imine (C=N–C) groups is 1. The molecule has 0 bridgehead atoms. The predicted octanol–water partition coefficient (Wildman–Crippen LogP) is 3.90. The lowest BCUT2D eigenvalue weighted by molar-refractivity contribution is 0.570. The lowest BCUT2D eigenvalue weighted by Crippen LogP contribution is -2.39. The molecular formula is C22H32N6S. The van der Waals surface area contributed by atoms with E-state index in [1.165, 1.54) is 16.2 Å². The fourth-order valence-corrected chi connectivity index (χ4v) is 4.23. The van der Waals surface area contributed by atoms with Crippen LogP contribution in [-0.4, -0.2) is 40.6 Å². The van der Waals surface area contributed by atoms with Crippen molar-refractivity contribution >= 4 is 28.3 Å². The number of aromatic nitrogens is 3. The highest BCUT2D eigenvalue weighted by molar-refractivity contribution is 7.09. The molecule has 2 heterocycles. The first-order chi connectivity index (χ1) is 13.9. The largest absolute Gasteiger partial charge is 0.356 e. The van der Waals surface area contributed by atoms with Crippen molar-refractivity contribution in [1.82, 2.24) is 25.2 Å². The molecule has 29 heavy (non-hydrogen) atoms. The molecule has 0 aliphatic carbocycles. The standard InChI is InChI=1S/C22H32N6S/c1-16-26-17-9-6-7-10-18(17)28(16)14-8-12-24-21(23-5)25-13-11-20-27-19(15-29-20)22(2,3)4/h6-7,9-10,15H,8,11-14H2,1-5H3,(H2,23,24,25). The van der Waals surface area contributed by atoms with E-state index >= 15 is 0 Å². The molecule has 0 fully saturated rings. The Kier molecular flexibility index (Phi) is 6.90. The number of nitrogens with zero attached hydrogens (tertiary/aromatic N) is 4. The molecule has 0 spiro atoms. The molecule has 0 amide bonds. The van der Waals surface area contributed by atoms with Crippen molar-refractivity contribution in [2.45, 2.75) is 52.5 Å². The highest BCUT2D eigenvalue weighted by atomic mass is 32.1. The topological polar surface area (TPSA) is 67.1 Å². The van der Waals surface area contributed by atoms with Gasteiger partial charge in [-0.1, -0.05) is 32.9 Å². The number of fused-ring (bicyclic) bond motifs is 1. The summed E-state index contributed by atoms with van der Waals surface area (Å²) in [7, 11) is 1.81. The van der Waals surface area contributed by atoms with Crippen molar-refractivity contribution in [1.29, 1.82) is 0 Å². The number of benzene rings is 1. The summed E-state index contributed by atoms with van der Waals surface area (Å²) >= 11 is 1.74. The predicted molar refractivity (Wildman–Crippen MR) is 123 cm³/mol. The van der Waals surface area contributed by atoms with E-state index < -0.39 is 0 Å². The van der Waals surface area contributed by atoms with E-state index in [0.717, 1.165) is 49.8 Å². The van der Waals surface area contributed by atoms with Gasteiger partial charge in [-0.3, -0.25) is 4.99 Å². The van der Waals surface area contributed by atoms with Gasteiger partial charge in [0.1, 0.15) is 5.82 Å². The van der Waals surface area contributed by atoms with Crippen LogP contribution in [0.4, 0.5) is 0 Å². The summed E-state index contributed by atoms with van der Waals surface area (Å²) in [4.78, 5) is 13.7. The maximum atomic E-state index is 4.75. The van der Waals surface area contributed by atoms with Crippen LogP contribution >= 0.6 is 11.3 Å². The fraction of sp³-hybridized carbons (Fsp3) is 0.500. The Morgan fingerprint density at radius 1 is 1.14 bits per heavy atom. The zero-order valence-electron chi connectivity index (χ0n) is 18.1. The minimum Gasteiger partial charge on any atom is -0.356 e. The van der Waals surface area contributed by atoms with Crippen LogP contribution in [0.1, 0.15) is 43.7 Å². The van der Waals surface area contributed by atoms with Crippen molar-refractivity contribution in [3.63, 3.8) is 0 Å². The smallest absolute Gasteiger partial charge is 0.190 e. The van der Waals surface area contributed by atoms with Gasteiger partial charge in [0.2, 0.25) is 0 Å². The minimum absolute atomic E-state index is 0.110. The van der Waals surface area contributed by atoms with Gasteiger partial charge in [0, 0.05) is 43.9 Å². The highest BCUT2D eigenvalue weighted by Gasteiger charge is 2.17. The lowest BCUT2D eigenvalue weighted by Gasteiger charge is -2.14.